The van der Waals surface area contributed by atoms with Crippen LogP contribution in [0.15, 0.2) is 34.4 Å². The van der Waals surface area contributed by atoms with Crippen LogP contribution in [0, 0.1) is 0 Å². The molecule has 0 radical (unpaired) electrons. The van der Waals surface area contributed by atoms with Crippen molar-refractivity contribution in [2.24, 2.45) is 0 Å². The summed E-state index contributed by atoms with van der Waals surface area (Å²) in [6, 6.07) is 7.99. The highest BCUT2D eigenvalue weighted by molar-refractivity contribution is 7.07. The number of amides is 2. The zero-order chi connectivity index (χ0) is 17.8. The van der Waals surface area contributed by atoms with Crippen molar-refractivity contribution in [2.75, 3.05) is 13.1 Å². The first-order valence-corrected chi connectivity index (χ1v) is 9.28. The summed E-state index contributed by atoms with van der Waals surface area (Å²) in [5.74, 6) is -0.108. The molecule has 0 bridgehead atoms. The van der Waals surface area contributed by atoms with E-state index in [9.17, 15) is 14.4 Å². The fourth-order valence-corrected chi connectivity index (χ4v) is 3.70. The monoisotopic (exact) mass is 359 g/mol. The molecule has 1 unspecified atom stereocenters. The van der Waals surface area contributed by atoms with Gasteiger partial charge in [-0.15, -0.1) is 0 Å². The van der Waals surface area contributed by atoms with Gasteiger partial charge in [-0.1, -0.05) is 42.5 Å². The lowest BCUT2D eigenvalue weighted by Crippen LogP contribution is -2.42. The standard InChI is InChI=1S/C18H21N3O3S/c1-2-5-16(22)19-8-13-10-21(9-12-6-3-4-7-14(12)13)17(23)15-11-25-18(24)20-15/h3-4,6-7,11,13H,2,5,8-10H2,1H3,(H,19,22)(H,20,24). The van der Waals surface area contributed by atoms with Gasteiger partial charge in [-0.25, -0.2) is 0 Å². The van der Waals surface area contributed by atoms with Crippen LogP contribution in [0.25, 0.3) is 0 Å². The SMILES string of the molecule is CCCC(=O)NCC1CN(C(=O)c2csc(=O)[nH]2)Cc2ccccc21. The van der Waals surface area contributed by atoms with Gasteiger partial charge in [-0.3, -0.25) is 14.4 Å². The van der Waals surface area contributed by atoms with Gasteiger partial charge in [-0.05, 0) is 17.5 Å². The Bertz CT molecular complexity index is 827. The Labute approximate surface area is 149 Å². The molecule has 6 nitrogen and oxygen atoms in total. The lowest BCUT2D eigenvalue weighted by atomic mass is 9.89. The molecular formula is C18H21N3O3S. The van der Waals surface area contributed by atoms with Crippen LogP contribution in [0.3, 0.4) is 0 Å². The number of rotatable bonds is 5. The van der Waals surface area contributed by atoms with Gasteiger partial charge in [0.1, 0.15) is 5.69 Å². The third-order valence-corrected chi connectivity index (χ3v) is 5.03. The maximum Gasteiger partial charge on any atom is 0.305 e. The van der Waals surface area contributed by atoms with Crippen molar-refractivity contribution >= 4 is 23.2 Å². The summed E-state index contributed by atoms with van der Waals surface area (Å²) in [6.07, 6.45) is 1.32. The van der Waals surface area contributed by atoms with Gasteiger partial charge in [0, 0.05) is 37.4 Å². The van der Waals surface area contributed by atoms with Crippen LogP contribution >= 0.6 is 11.3 Å². The van der Waals surface area contributed by atoms with Crippen LogP contribution in [-0.2, 0) is 11.3 Å². The molecule has 3 rings (SSSR count). The Kier molecular flexibility index (Phi) is 5.33. The Balaban J connectivity index is 1.79. The Morgan fingerprint density at radius 3 is 2.88 bits per heavy atom. The fourth-order valence-electron chi connectivity index (χ4n) is 3.15. The highest BCUT2D eigenvalue weighted by Crippen LogP contribution is 2.28. The van der Waals surface area contributed by atoms with Gasteiger partial charge in [0.2, 0.25) is 5.91 Å². The minimum Gasteiger partial charge on any atom is -0.355 e. The summed E-state index contributed by atoms with van der Waals surface area (Å²) in [7, 11) is 0. The maximum atomic E-state index is 12.7. The minimum atomic E-state index is -0.232. The van der Waals surface area contributed by atoms with Crippen molar-refractivity contribution < 1.29 is 9.59 Å². The molecular weight excluding hydrogens is 338 g/mol. The van der Waals surface area contributed by atoms with E-state index in [0.717, 1.165) is 23.3 Å². The van der Waals surface area contributed by atoms with Crippen molar-refractivity contribution in [3.8, 4) is 0 Å². The molecule has 2 N–H and O–H groups in total. The average Bonchev–Trinajstić information content (AvgIpc) is 3.05. The van der Waals surface area contributed by atoms with Gasteiger partial charge in [0.05, 0.1) is 0 Å². The summed E-state index contributed by atoms with van der Waals surface area (Å²) in [5.41, 5.74) is 2.57. The van der Waals surface area contributed by atoms with Crippen LogP contribution < -0.4 is 10.2 Å². The van der Waals surface area contributed by atoms with E-state index >= 15 is 0 Å². The summed E-state index contributed by atoms with van der Waals surface area (Å²) < 4.78 is 0. The van der Waals surface area contributed by atoms with Crippen LogP contribution in [0.1, 0.15) is 47.3 Å². The molecule has 1 aliphatic rings. The van der Waals surface area contributed by atoms with E-state index in [2.05, 4.69) is 16.4 Å². The maximum absolute atomic E-state index is 12.7. The third kappa shape index (κ3) is 3.99. The van der Waals surface area contributed by atoms with Gasteiger partial charge >= 0.3 is 4.87 Å². The molecule has 1 aromatic carbocycles. The number of nitrogens with zero attached hydrogens (tertiary/aromatic N) is 1. The van der Waals surface area contributed by atoms with E-state index in [0.29, 0.717) is 31.7 Å². The molecule has 1 aromatic heterocycles. The topological polar surface area (TPSA) is 82.3 Å². The summed E-state index contributed by atoms with van der Waals surface area (Å²) >= 11 is 0.987. The second-order valence-electron chi connectivity index (χ2n) is 6.20. The number of nitrogens with one attached hydrogen (secondary N) is 2. The number of carbonyl (C=O) groups is 2. The van der Waals surface area contributed by atoms with E-state index in [1.807, 2.05) is 25.1 Å². The van der Waals surface area contributed by atoms with Crippen molar-refractivity contribution in [1.29, 1.82) is 0 Å². The number of hydrogen-bond acceptors (Lipinski definition) is 4. The molecule has 0 aliphatic carbocycles. The predicted molar refractivity (Wildman–Crippen MR) is 96.8 cm³/mol. The molecule has 1 atom stereocenters. The van der Waals surface area contributed by atoms with Crippen molar-refractivity contribution in [1.82, 2.24) is 15.2 Å². The Morgan fingerprint density at radius 1 is 1.36 bits per heavy atom. The van der Waals surface area contributed by atoms with Gasteiger partial charge in [0.15, 0.2) is 0 Å². The summed E-state index contributed by atoms with van der Waals surface area (Å²) in [6.45, 7) is 3.49. The highest BCUT2D eigenvalue weighted by atomic mass is 32.1. The minimum absolute atomic E-state index is 0.0330. The smallest absolute Gasteiger partial charge is 0.305 e. The Morgan fingerprint density at radius 2 is 2.16 bits per heavy atom. The number of aromatic amines is 1. The van der Waals surface area contributed by atoms with Crippen LogP contribution in [0.4, 0.5) is 0 Å². The number of fused-ring (bicyclic) bond motifs is 1. The number of aromatic nitrogens is 1. The van der Waals surface area contributed by atoms with Gasteiger partial charge in [-0.2, -0.15) is 0 Å². The van der Waals surface area contributed by atoms with Gasteiger partial charge in [0.25, 0.3) is 5.91 Å². The van der Waals surface area contributed by atoms with Crippen molar-refractivity contribution in [2.45, 2.75) is 32.2 Å². The van der Waals surface area contributed by atoms with Crippen LogP contribution in [0.5, 0.6) is 0 Å². The van der Waals surface area contributed by atoms with Crippen molar-refractivity contribution in [3.05, 3.63) is 56.1 Å². The van der Waals surface area contributed by atoms with E-state index < -0.39 is 0 Å². The molecule has 2 amide bonds. The van der Waals surface area contributed by atoms with Crippen molar-refractivity contribution in [3.63, 3.8) is 0 Å². The second-order valence-corrected chi connectivity index (χ2v) is 7.04. The quantitative estimate of drug-likeness (QED) is 0.858. The van der Waals surface area contributed by atoms with E-state index in [1.165, 1.54) is 5.56 Å². The van der Waals surface area contributed by atoms with E-state index in [1.54, 1.807) is 10.3 Å². The molecule has 25 heavy (non-hydrogen) atoms. The summed E-state index contributed by atoms with van der Waals surface area (Å²) in [4.78, 5) is 39.9. The molecule has 0 saturated heterocycles. The first-order chi connectivity index (χ1) is 12.1. The largest absolute Gasteiger partial charge is 0.355 e. The highest BCUT2D eigenvalue weighted by Gasteiger charge is 2.29. The lowest BCUT2D eigenvalue weighted by Gasteiger charge is -2.34. The third-order valence-electron chi connectivity index (χ3n) is 4.36. The summed E-state index contributed by atoms with van der Waals surface area (Å²) in [5, 5.41) is 4.52. The van der Waals surface area contributed by atoms with Gasteiger partial charge < -0.3 is 15.2 Å². The molecule has 2 aromatic rings. The lowest BCUT2D eigenvalue weighted by molar-refractivity contribution is -0.121. The first kappa shape index (κ1) is 17.4. The number of H-pyrrole nitrogens is 1. The van der Waals surface area contributed by atoms with E-state index in [-0.39, 0.29) is 22.6 Å². The molecule has 1 aliphatic heterocycles. The predicted octanol–water partition coefficient (Wildman–Crippen LogP) is 2.09. The first-order valence-electron chi connectivity index (χ1n) is 8.40. The van der Waals surface area contributed by atoms with Crippen LogP contribution in [-0.4, -0.2) is 34.8 Å². The normalized spacial score (nSPS) is 16.4. The molecule has 7 heteroatoms. The van der Waals surface area contributed by atoms with Crippen LogP contribution in [0.2, 0.25) is 0 Å². The molecule has 0 saturated carbocycles. The number of carbonyl (C=O) groups excluding carboxylic acids is 2. The molecule has 2 heterocycles. The molecule has 0 fully saturated rings. The number of hydrogen-bond donors (Lipinski definition) is 2. The molecule has 0 spiro atoms. The number of benzene rings is 1. The van der Waals surface area contributed by atoms with E-state index in [4.69, 9.17) is 0 Å². The number of thiazole rings is 1. The zero-order valence-corrected chi connectivity index (χ0v) is 14.9. The molecule has 132 valence electrons. The zero-order valence-electron chi connectivity index (χ0n) is 14.1. The fraction of sp³-hybridized carbons (Fsp3) is 0.389. The second kappa shape index (κ2) is 7.65. The Hall–Kier alpha value is -2.41. The average molecular weight is 359 g/mol.